The van der Waals surface area contributed by atoms with Gasteiger partial charge in [-0.1, -0.05) is 19.9 Å². The molecule has 1 spiro atoms. The van der Waals surface area contributed by atoms with Crippen molar-refractivity contribution in [3.8, 4) is 11.5 Å². The second-order valence-corrected chi connectivity index (χ2v) is 11.1. The van der Waals surface area contributed by atoms with Crippen molar-refractivity contribution in [1.29, 1.82) is 0 Å². The summed E-state index contributed by atoms with van der Waals surface area (Å²) in [6.45, 7) is 5.77. The third kappa shape index (κ3) is 3.96. The van der Waals surface area contributed by atoms with Gasteiger partial charge < -0.3 is 33.7 Å². The van der Waals surface area contributed by atoms with Gasteiger partial charge in [0.15, 0.2) is 17.6 Å². The van der Waals surface area contributed by atoms with E-state index in [4.69, 9.17) is 23.7 Å². The monoisotopic (exact) mass is 529 g/mol. The van der Waals surface area contributed by atoms with Crippen LogP contribution in [0.25, 0.3) is 0 Å². The molecule has 1 fully saturated rings. The Balaban J connectivity index is 1.44. The molecule has 1 N–H and O–H groups in total. The maximum absolute atomic E-state index is 13.1. The second kappa shape index (κ2) is 9.57. The molecule has 5 atom stereocenters. The molecule has 1 aromatic rings. The number of likely N-dealkylation sites (N-methyl/N-ethyl adjacent to an activating group) is 1. The van der Waals surface area contributed by atoms with Crippen molar-refractivity contribution in [1.82, 2.24) is 4.90 Å². The molecular weight excluding hydrogens is 494 g/mol. The number of carbonyl (C=O) groups is 3. The smallest absolute Gasteiger partial charge is 0.348 e. The van der Waals surface area contributed by atoms with Crippen molar-refractivity contribution in [2.45, 2.75) is 75.7 Å². The first kappa shape index (κ1) is 26.5. The van der Waals surface area contributed by atoms with Gasteiger partial charge >= 0.3 is 17.9 Å². The Morgan fingerprint density at radius 2 is 2.03 bits per heavy atom. The molecule has 0 saturated carbocycles. The summed E-state index contributed by atoms with van der Waals surface area (Å²) in [5.74, 6) is -0.814. The van der Waals surface area contributed by atoms with E-state index < -0.39 is 47.6 Å². The van der Waals surface area contributed by atoms with E-state index in [-0.39, 0.29) is 30.7 Å². The molecule has 0 amide bonds. The van der Waals surface area contributed by atoms with Crippen LogP contribution in [0.15, 0.2) is 24.0 Å². The fraction of sp³-hybridized carbons (Fsp3) is 0.607. The van der Waals surface area contributed by atoms with Gasteiger partial charge in [0.2, 0.25) is 6.10 Å². The van der Waals surface area contributed by atoms with Gasteiger partial charge in [-0.2, -0.15) is 0 Å². The number of hydrogen-bond donors (Lipinski definition) is 1. The maximum atomic E-state index is 13.1. The Morgan fingerprint density at radius 1 is 1.26 bits per heavy atom. The molecule has 1 saturated heterocycles. The van der Waals surface area contributed by atoms with Crippen molar-refractivity contribution < 1.29 is 43.2 Å². The van der Waals surface area contributed by atoms with Gasteiger partial charge in [0.05, 0.1) is 31.2 Å². The number of likely N-dealkylation sites (tertiary alicyclic amines) is 1. The lowest BCUT2D eigenvalue weighted by atomic mass is 9.50. The predicted molar refractivity (Wildman–Crippen MR) is 134 cm³/mol. The molecule has 10 nitrogen and oxygen atoms in total. The molecule has 2 aliphatic carbocycles. The van der Waals surface area contributed by atoms with Crippen LogP contribution in [0.2, 0.25) is 0 Å². The summed E-state index contributed by atoms with van der Waals surface area (Å²) in [7, 11) is 3.58. The van der Waals surface area contributed by atoms with Crippen LogP contribution < -0.4 is 9.47 Å². The van der Waals surface area contributed by atoms with E-state index >= 15 is 0 Å². The van der Waals surface area contributed by atoms with Crippen LogP contribution in [-0.2, 0) is 40.4 Å². The van der Waals surface area contributed by atoms with Crippen LogP contribution in [0.5, 0.6) is 11.5 Å². The van der Waals surface area contributed by atoms with Crippen LogP contribution in [0.1, 0.15) is 51.2 Å². The van der Waals surface area contributed by atoms with Gasteiger partial charge in [0.25, 0.3) is 0 Å². The number of hydrogen-bond acceptors (Lipinski definition) is 10. The van der Waals surface area contributed by atoms with Gasteiger partial charge in [0, 0.05) is 24.9 Å². The standard InChI is InChI=1S/C28H35NO9/c1-15(2)14-35-26(32)20(36-16(3)30)13-22(31)37-19-8-9-28(33)21-12-17-6-7-18(34-5)24-23(17)27(28,25(19)38-24)10-11-29(21)4/h6-8,15,20-21,25,33H,9-14H2,1-5H3/t20-,21+,25-,27-,28+/m0/s1. The Morgan fingerprint density at radius 3 is 2.71 bits per heavy atom. The highest BCUT2D eigenvalue weighted by molar-refractivity contribution is 5.84. The topological polar surface area (TPSA) is 121 Å². The first-order valence-electron chi connectivity index (χ1n) is 13.1. The summed E-state index contributed by atoms with van der Waals surface area (Å²) in [6, 6.07) is 3.75. The van der Waals surface area contributed by atoms with E-state index in [0.717, 1.165) is 24.6 Å². The molecular formula is C28H35NO9. The molecule has 1 aromatic carbocycles. The summed E-state index contributed by atoms with van der Waals surface area (Å²) >= 11 is 0. The van der Waals surface area contributed by atoms with Crippen molar-refractivity contribution >= 4 is 17.9 Å². The summed E-state index contributed by atoms with van der Waals surface area (Å²) < 4.78 is 28.1. The number of nitrogens with zero attached hydrogens (tertiary/aromatic N) is 1. The van der Waals surface area contributed by atoms with Gasteiger partial charge in [-0.3, -0.25) is 9.59 Å². The molecule has 0 aromatic heterocycles. The number of esters is 3. The lowest BCUT2D eigenvalue weighted by molar-refractivity contribution is -0.175. The van der Waals surface area contributed by atoms with Gasteiger partial charge in [-0.15, -0.1) is 0 Å². The highest BCUT2D eigenvalue weighted by atomic mass is 16.6. The van der Waals surface area contributed by atoms with E-state index in [1.54, 1.807) is 13.2 Å². The molecule has 10 heteroatoms. The molecule has 5 rings (SSSR count). The maximum Gasteiger partial charge on any atom is 0.348 e. The SMILES string of the molecule is COc1ccc2c3c1O[C@H]1C(OC(=O)C[C@H](OC(C)=O)C(=O)OCC(C)C)=CC[C@@]4(O)[C@@H](C2)N(C)CC[C@]314. The van der Waals surface area contributed by atoms with E-state index in [1.807, 2.05) is 33.0 Å². The van der Waals surface area contributed by atoms with E-state index in [1.165, 1.54) is 0 Å². The van der Waals surface area contributed by atoms with Crippen LogP contribution in [0.3, 0.4) is 0 Å². The largest absolute Gasteiger partial charge is 0.493 e. The number of benzene rings is 1. The number of aliphatic hydroxyl groups is 1. The Bertz CT molecular complexity index is 1190. The molecule has 2 heterocycles. The first-order chi connectivity index (χ1) is 18.0. The molecule has 2 bridgehead atoms. The molecule has 38 heavy (non-hydrogen) atoms. The van der Waals surface area contributed by atoms with Crippen molar-refractivity contribution in [3.63, 3.8) is 0 Å². The Hall–Kier alpha value is -3.11. The third-order valence-electron chi connectivity index (χ3n) is 8.27. The van der Waals surface area contributed by atoms with Crippen LogP contribution in [0, 0.1) is 5.92 Å². The molecule has 206 valence electrons. The highest BCUT2D eigenvalue weighted by Crippen LogP contribution is 2.65. The van der Waals surface area contributed by atoms with Crippen molar-refractivity contribution in [2.75, 3.05) is 27.3 Å². The van der Waals surface area contributed by atoms with Crippen LogP contribution in [-0.4, -0.2) is 79.1 Å². The van der Waals surface area contributed by atoms with E-state index in [9.17, 15) is 19.5 Å². The van der Waals surface area contributed by atoms with Crippen molar-refractivity contribution in [3.05, 3.63) is 35.1 Å². The van der Waals surface area contributed by atoms with E-state index in [2.05, 4.69) is 4.90 Å². The number of rotatable bonds is 8. The van der Waals surface area contributed by atoms with Gasteiger partial charge in [0.1, 0.15) is 5.76 Å². The molecule has 0 radical (unpaired) electrons. The number of methoxy groups -OCH3 is 1. The average Bonchev–Trinajstić information content (AvgIpc) is 3.21. The fourth-order valence-corrected chi connectivity index (χ4v) is 6.63. The minimum Gasteiger partial charge on any atom is -0.493 e. The normalized spacial score (nSPS) is 29.5. The molecule has 0 unspecified atom stereocenters. The zero-order chi connectivity index (χ0) is 27.4. The minimum atomic E-state index is -1.42. The fourth-order valence-electron chi connectivity index (χ4n) is 6.63. The predicted octanol–water partition coefficient (Wildman–Crippen LogP) is 2.04. The highest BCUT2D eigenvalue weighted by Gasteiger charge is 2.72. The van der Waals surface area contributed by atoms with Crippen molar-refractivity contribution in [2.24, 2.45) is 5.92 Å². The lowest BCUT2D eigenvalue weighted by Crippen LogP contribution is -2.74. The Kier molecular flexibility index (Phi) is 6.67. The second-order valence-electron chi connectivity index (χ2n) is 11.1. The van der Waals surface area contributed by atoms with Gasteiger partial charge in [-0.25, -0.2) is 4.79 Å². The molecule has 4 aliphatic rings. The number of carbonyl (C=O) groups excluding carboxylic acids is 3. The average molecular weight is 530 g/mol. The summed E-state index contributed by atoms with van der Waals surface area (Å²) in [5, 5.41) is 12.3. The Labute approximate surface area is 221 Å². The van der Waals surface area contributed by atoms with Gasteiger partial charge in [-0.05, 0) is 50.1 Å². The first-order valence-corrected chi connectivity index (χ1v) is 13.1. The summed E-state index contributed by atoms with van der Waals surface area (Å²) in [6.07, 6.45) is 0.549. The van der Waals surface area contributed by atoms with Crippen LogP contribution in [0.4, 0.5) is 0 Å². The quantitative estimate of drug-likeness (QED) is 0.396. The van der Waals surface area contributed by atoms with E-state index in [0.29, 0.717) is 24.3 Å². The van der Waals surface area contributed by atoms with Crippen LogP contribution >= 0.6 is 0 Å². The third-order valence-corrected chi connectivity index (χ3v) is 8.27. The zero-order valence-electron chi connectivity index (χ0n) is 22.4. The molecule has 2 aliphatic heterocycles. The number of ether oxygens (including phenoxy) is 5. The summed E-state index contributed by atoms with van der Waals surface area (Å²) in [5.41, 5.74) is 0.0502. The summed E-state index contributed by atoms with van der Waals surface area (Å²) in [4.78, 5) is 39.4. The lowest BCUT2D eigenvalue weighted by Gasteiger charge is -2.61. The number of piperidine rings is 1. The minimum absolute atomic E-state index is 0.0752. The zero-order valence-corrected chi connectivity index (χ0v) is 22.4.